The summed E-state index contributed by atoms with van der Waals surface area (Å²) in [6.45, 7) is 6.81. The summed E-state index contributed by atoms with van der Waals surface area (Å²) < 4.78 is 0. The first-order valence-electron chi connectivity index (χ1n) is 10.8. The molecule has 0 fully saturated rings. The number of phenolic OH excluding ortho intramolecular Hbond substituents is 1. The lowest BCUT2D eigenvalue weighted by atomic mass is 9.76. The zero-order valence-corrected chi connectivity index (χ0v) is 18.2. The Bertz CT molecular complexity index is 1270. The number of aromatic nitrogens is 2. The average molecular weight is 407 g/mol. The van der Waals surface area contributed by atoms with Crippen molar-refractivity contribution in [3.8, 4) is 39.5 Å². The van der Waals surface area contributed by atoms with Crippen LogP contribution in [0.5, 0.6) is 5.75 Å². The van der Waals surface area contributed by atoms with Gasteiger partial charge >= 0.3 is 0 Å². The lowest BCUT2D eigenvalue weighted by molar-refractivity contribution is 0.477. The highest BCUT2D eigenvalue weighted by molar-refractivity contribution is 5.80. The summed E-state index contributed by atoms with van der Waals surface area (Å²) >= 11 is 0. The predicted octanol–water partition coefficient (Wildman–Crippen LogP) is 6.58. The summed E-state index contributed by atoms with van der Waals surface area (Å²) in [5, 5.41) is 10.4. The van der Waals surface area contributed by atoms with Crippen molar-refractivity contribution in [2.75, 3.05) is 0 Å². The van der Waals surface area contributed by atoms with Crippen LogP contribution in [0.3, 0.4) is 0 Å². The third-order valence-electron chi connectivity index (χ3n) is 6.08. The van der Waals surface area contributed by atoms with Crippen molar-refractivity contribution in [1.82, 2.24) is 9.97 Å². The van der Waals surface area contributed by atoms with Gasteiger partial charge in [-0.05, 0) is 77.4 Å². The van der Waals surface area contributed by atoms with Gasteiger partial charge in [-0.15, -0.1) is 0 Å². The van der Waals surface area contributed by atoms with Crippen LogP contribution in [0.1, 0.15) is 37.5 Å². The van der Waals surface area contributed by atoms with Gasteiger partial charge in [0.15, 0.2) is 0 Å². The maximum absolute atomic E-state index is 10.4. The molecule has 1 N–H and O–H groups in total. The van der Waals surface area contributed by atoms with Crippen molar-refractivity contribution in [1.29, 1.82) is 0 Å². The molecule has 0 atom stereocenters. The Hall–Kier alpha value is -3.46. The number of fused-ring (bicyclic) bond motifs is 3. The topological polar surface area (TPSA) is 46.0 Å². The van der Waals surface area contributed by atoms with Crippen LogP contribution < -0.4 is 0 Å². The SMILES string of the molecule is CC(C)(C)c1cc(-c2ccccn2)cc2c1CCc1ccc(-c3ccccc3O)nc1-2. The van der Waals surface area contributed by atoms with E-state index in [0.29, 0.717) is 0 Å². The van der Waals surface area contributed by atoms with E-state index in [2.05, 4.69) is 50.0 Å². The molecule has 0 amide bonds. The highest BCUT2D eigenvalue weighted by Gasteiger charge is 2.27. The van der Waals surface area contributed by atoms with Crippen LogP contribution >= 0.6 is 0 Å². The third-order valence-corrected chi connectivity index (χ3v) is 6.08. The van der Waals surface area contributed by atoms with Gasteiger partial charge in [-0.1, -0.05) is 45.0 Å². The van der Waals surface area contributed by atoms with Gasteiger partial charge in [0.25, 0.3) is 0 Å². The lowest BCUT2D eigenvalue weighted by Crippen LogP contribution is -2.18. The molecule has 0 bridgehead atoms. The second kappa shape index (κ2) is 7.35. The minimum atomic E-state index is 0.0156. The molecule has 31 heavy (non-hydrogen) atoms. The molecule has 154 valence electrons. The molecule has 1 aliphatic rings. The molecular formula is C28H26N2O. The number of aromatic hydroxyl groups is 1. The van der Waals surface area contributed by atoms with Crippen LogP contribution in [0.15, 0.2) is 72.9 Å². The van der Waals surface area contributed by atoms with Gasteiger partial charge in [0.05, 0.1) is 17.1 Å². The molecule has 2 aromatic heterocycles. The van der Waals surface area contributed by atoms with E-state index in [0.717, 1.165) is 41.1 Å². The highest BCUT2D eigenvalue weighted by atomic mass is 16.3. The lowest BCUT2D eigenvalue weighted by Gasteiger charge is -2.29. The van der Waals surface area contributed by atoms with Gasteiger partial charge in [-0.3, -0.25) is 4.98 Å². The van der Waals surface area contributed by atoms with Crippen molar-refractivity contribution in [2.24, 2.45) is 0 Å². The normalized spacial score (nSPS) is 12.9. The van der Waals surface area contributed by atoms with Gasteiger partial charge in [-0.2, -0.15) is 0 Å². The number of rotatable bonds is 2. The fourth-order valence-electron chi connectivity index (χ4n) is 4.53. The zero-order chi connectivity index (χ0) is 21.6. The first-order valence-corrected chi connectivity index (χ1v) is 10.8. The average Bonchev–Trinajstić information content (AvgIpc) is 2.78. The van der Waals surface area contributed by atoms with Crippen molar-refractivity contribution >= 4 is 0 Å². The molecule has 4 aromatic rings. The number of benzene rings is 2. The van der Waals surface area contributed by atoms with Gasteiger partial charge in [0, 0.05) is 22.9 Å². The molecule has 0 aliphatic heterocycles. The molecule has 0 spiro atoms. The third kappa shape index (κ3) is 3.50. The quantitative estimate of drug-likeness (QED) is 0.409. The van der Waals surface area contributed by atoms with E-state index in [4.69, 9.17) is 4.98 Å². The standard InChI is InChI=1S/C28H26N2O/c1-28(2,3)23-17-19(24-9-6-7-15-29-24)16-22-20(23)13-11-18-12-14-25(30-27(18)22)21-8-4-5-10-26(21)31/h4-10,12,14-17,31H,11,13H2,1-3H3. The number of pyridine rings is 2. The Morgan fingerprint density at radius 2 is 1.61 bits per heavy atom. The largest absolute Gasteiger partial charge is 0.507 e. The number of hydrogen-bond donors (Lipinski definition) is 1. The summed E-state index contributed by atoms with van der Waals surface area (Å²) in [6.07, 6.45) is 3.82. The molecule has 0 saturated heterocycles. The highest BCUT2D eigenvalue weighted by Crippen LogP contribution is 2.42. The number of nitrogens with zero attached hydrogens (tertiary/aromatic N) is 2. The summed E-state index contributed by atoms with van der Waals surface area (Å²) in [4.78, 5) is 9.66. The summed E-state index contributed by atoms with van der Waals surface area (Å²) in [5.74, 6) is 0.253. The van der Waals surface area contributed by atoms with Crippen LogP contribution in [0.25, 0.3) is 33.8 Å². The van der Waals surface area contributed by atoms with Gasteiger partial charge in [0.2, 0.25) is 0 Å². The Morgan fingerprint density at radius 1 is 0.806 bits per heavy atom. The second-order valence-electron chi connectivity index (χ2n) is 9.24. The molecule has 3 heteroatoms. The second-order valence-corrected chi connectivity index (χ2v) is 9.24. The first kappa shape index (κ1) is 19.5. The Kier molecular flexibility index (Phi) is 4.62. The Morgan fingerprint density at radius 3 is 2.35 bits per heavy atom. The number of hydrogen-bond acceptors (Lipinski definition) is 3. The van der Waals surface area contributed by atoms with Crippen LogP contribution in [0, 0.1) is 0 Å². The predicted molar refractivity (Wildman–Crippen MR) is 126 cm³/mol. The summed E-state index contributed by atoms with van der Waals surface area (Å²) in [7, 11) is 0. The van der Waals surface area contributed by atoms with Crippen molar-refractivity contribution in [2.45, 2.75) is 39.0 Å². The van der Waals surface area contributed by atoms with E-state index >= 15 is 0 Å². The van der Waals surface area contributed by atoms with Crippen molar-refractivity contribution in [3.63, 3.8) is 0 Å². The zero-order valence-electron chi connectivity index (χ0n) is 18.2. The fourth-order valence-corrected chi connectivity index (χ4v) is 4.53. The van der Waals surface area contributed by atoms with Crippen LogP contribution in [0.4, 0.5) is 0 Å². The molecule has 0 radical (unpaired) electrons. The van der Waals surface area contributed by atoms with Crippen molar-refractivity contribution < 1.29 is 5.11 Å². The van der Waals surface area contributed by atoms with Gasteiger partial charge in [0.1, 0.15) is 5.75 Å². The van der Waals surface area contributed by atoms with Crippen LogP contribution in [-0.4, -0.2) is 15.1 Å². The van der Waals surface area contributed by atoms with Crippen molar-refractivity contribution in [3.05, 3.63) is 89.6 Å². The summed E-state index contributed by atoms with van der Waals surface area (Å²) in [6, 6.07) is 22.2. The van der Waals surface area contributed by atoms with E-state index in [1.54, 1.807) is 6.07 Å². The Labute approximate surface area is 183 Å². The summed E-state index contributed by atoms with van der Waals surface area (Å²) in [5.41, 5.74) is 9.85. The van der Waals surface area contributed by atoms with E-state index in [1.165, 1.54) is 22.3 Å². The number of phenols is 1. The fraction of sp³-hybridized carbons (Fsp3) is 0.214. The van der Waals surface area contributed by atoms with Gasteiger partial charge in [-0.25, -0.2) is 4.98 Å². The van der Waals surface area contributed by atoms with E-state index in [1.807, 2.05) is 42.6 Å². The number of para-hydroxylation sites is 1. The Balaban J connectivity index is 1.76. The molecule has 3 nitrogen and oxygen atoms in total. The maximum atomic E-state index is 10.4. The minimum absolute atomic E-state index is 0.0156. The molecule has 5 rings (SSSR count). The van der Waals surface area contributed by atoms with Crippen LogP contribution in [0.2, 0.25) is 0 Å². The van der Waals surface area contributed by atoms with E-state index in [-0.39, 0.29) is 11.2 Å². The minimum Gasteiger partial charge on any atom is -0.507 e. The van der Waals surface area contributed by atoms with E-state index < -0.39 is 0 Å². The molecule has 2 heterocycles. The molecule has 1 aliphatic carbocycles. The van der Waals surface area contributed by atoms with Gasteiger partial charge < -0.3 is 5.11 Å². The molecule has 0 unspecified atom stereocenters. The number of aryl methyl sites for hydroxylation is 1. The molecule has 0 saturated carbocycles. The smallest absolute Gasteiger partial charge is 0.124 e. The van der Waals surface area contributed by atoms with Crippen LogP contribution in [-0.2, 0) is 18.3 Å². The maximum Gasteiger partial charge on any atom is 0.124 e. The molecule has 2 aromatic carbocycles. The molecular weight excluding hydrogens is 380 g/mol. The van der Waals surface area contributed by atoms with E-state index in [9.17, 15) is 5.11 Å². The monoisotopic (exact) mass is 406 g/mol. The first-order chi connectivity index (χ1) is 14.9.